The molecule has 0 fully saturated rings. The van der Waals surface area contributed by atoms with Crippen molar-refractivity contribution in [2.24, 2.45) is 0 Å². The molecule has 0 aliphatic heterocycles. The Morgan fingerprint density at radius 3 is 2.28 bits per heavy atom. The largest absolute Gasteiger partial charge is 0.489 e. The van der Waals surface area contributed by atoms with Crippen LogP contribution in [0.5, 0.6) is 17.2 Å². The van der Waals surface area contributed by atoms with Gasteiger partial charge < -0.3 is 14.0 Å². The first-order valence-corrected chi connectivity index (χ1v) is 9.00. The molecule has 0 radical (unpaired) electrons. The summed E-state index contributed by atoms with van der Waals surface area (Å²) in [4.78, 5) is 24.6. The molecule has 1 aromatic heterocycles. The van der Waals surface area contributed by atoms with E-state index in [9.17, 15) is 9.59 Å². The number of rotatable bonds is 7. The predicted molar refractivity (Wildman–Crippen MR) is 106 cm³/mol. The molecule has 1 N–H and O–H groups in total. The molecule has 3 aromatic carbocycles. The van der Waals surface area contributed by atoms with E-state index in [0.29, 0.717) is 23.9 Å². The summed E-state index contributed by atoms with van der Waals surface area (Å²) >= 11 is 0. The van der Waals surface area contributed by atoms with Crippen LogP contribution in [-0.2, 0) is 13.2 Å². The van der Waals surface area contributed by atoms with E-state index in [1.54, 1.807) is 24.3 Å². The fraction of sp³-hybridized carbons (Fsp3) is 0.0909. The highest BCUT2D eigenvalue weighted by atomic mass is 16.5. The second-order valence-corrected chi connectivity index (χ2v) is 6.34. The standard InChI is InChI=1S/C22H18N2O5/c25-21-23-22(26)29-24(21)14-16-9-11-18(12-10-16)28-20-8-4-7-19(13-20)27-15-17-5-2-1-3-6-17/h1-13H,14-15H2,(H,23,25,26). The van der Waals surface area contributed by atoms with Crippen molar-refractivity contribution in [1.29, 1.82) is 0 Å². The molecule has 0 bridgehead atoms. The smallest absolute Gasteiger partial charge is 0.440 e. The number of aromatic amines is 1. The zero-order chi connectivity index (χ0) is 20.1. The number of nitrogens with zero attached hydrogens (tertiary/aromatic N) is 1. The van der Waals surface area contributed by atoms with Gasteiger partial charge in [0.2, 0.25) is 0 Å². The van der Waals surface area contributed by atoms with Crippen molar-refractivity contribution in [3.05, 3.63) is 111 Å². The summed E-state index contributed by atoms with van der Waals surface area (Å²) in [6.45, 7) is 0.633. The number of benzene rings is 3. The first-order chi connectivity index (χ1) is 14.2. The molecule has 146 valence electrons. The Hall–Kier alpha value is -4.00. The van der Waals surface area contributed by atoms with Crippen LogP contribution in [0, 0.1) is 0 Å². The van der Waals surface area contributed by atoms with Crippen LogP contribution in [0.2, 0.25) is 0 Å². The van der Waals surface area contributed by atoms with E-state index in [2.05, 4.69) is 0 Å². The molecular weight excluding hydrogens is 372 g/mol. The maximum absolute atomic E-state index is 11.5. The Morgan fingerprint density at radius 2 is 1.55 bits per heavy atom. The predicted octanol–water partition coefficient (Wildman–Crippen LogP) is 3.55. The van der Waals surface area contributed by atoms with Crippen LogP contribution in [0.3, 0.4) is 0 Å². The third-order valence-corrected chi connectivity index (χ3v) is 4.17. The zero-order valence-corrected chi connectivity index (χ0v) is 15.4. The number of ether oxygens (including phenoxy) is 2. The summed E-state index contributed by atoms with van der Waals surface area (Å²) < 4.78 is 17.4. The van der Waals surface area contributed by atoms with Crippen LogP contribution in [-0.4, -0.2) is 9.72 Å². The van der Waals surface area contributed by atoms with Gasteiger partial charge >= 0.3 is 11.4 Å². The molecule has 7 heteroatoms. The van der Waals surface area contributed by atoms with E-state index in [0.717, 1.165) is 15.9 Å². The molecule has 0 saturated carbocycles. The van der Waals surface area contributed by atoms with Gasteiger partial charge in [-0.05, 0) is 35.4 Å². The van der Waals surface area contributed by atoms with Crippen molar-refractivity contribution in [2.45, 2.75) is 13.2 Å². The van der Waals surface area contributed by atoms with Gasteiger partial charge in [0.25, 0.3) is 0 Å². The van der Waals surface area contributed by atoms with Gasteiger partial charge in [-0.3, -0.25) is 0 Å². The molecule has 0 aliphatic rings. The van der Waals surface area contributed by atoms with Crippen molar-refractivity contribution in [3.63, 3.8) is 0 Å². The summed E-state index contributed by atoms with van der Waals surface area (Å²) in [5.74, 6) is 1.22. The highest BCUT2D eigenvalue weighted by Crippen LogP contribution is 2.26. The van der Waals surface area contributed by atoms with Gasteiger partial charge in [0, 0.05) is 6.07 Å². The summed E-state index contributed by atoms with van der Waals surface area (Å²) in [6.07, 6.45) is 0. The van der Waals surface area contributed by atoms with Gasteiger partial charge in [0.15, 0.2) is 0 Å². The van der Waals surface area contributed by atoms with E-state index in [1.165, 1.54) is 0 Å². The third-order valence-electron chi connectivity index (χ3n) is 4.17. The molecule has 7 nitrogen and oxygen atoms in total. The van der Waals surface area contributed by atoms with Crippen molar-refractivity contribution in [1.82, 2.24) is 9.72 Å². The molecule has 0 amide bonds. The third kappa shape index (κ3) is 4.84. The number of hydrogen-bond acceptors (Lipinski definition) is 5. The molecule has 0 saturated heterocycles. The van der Waals surface area contributed by atoms with Crippen LogP contribution in [0.25, 0.3) is 0 Å². The van der Waals surface area contributed by atoms with Gasteiger partial charge in [-0.15, -0.1) is 4.74 Å². The Bertz CT molecular complexity index is 1190. The molecule has 0 spiro atoms. The van der Waals surface area contributed by atoms with Gasteiger partial charge in [-0.25, -0.2) is 14.6 Å². The SMILES string of the molecule is O=c1[nH]c(=O)n(Cc2ccc(Oc3cccc(OCc4ccccc4)c3)cc2)o1. The lowest BCUT2D eigenvalue weighted by molar-refractivity contribution is 0.258. The van der Waals surface area contributed by atoms with E-state index in [1.807, 2.05) is 59.6 Å². The van der Waals surface area contributed by atoms with Crippen LogP contribution >= 0.6 is 0 Å². The van der Waals surface area contributed by atoms with Crippen molar-refractivity contribution >= 4 is 0 Å². The Labute approximate surface area is 165 Å². The maximum Gasteiger partial charge on any atom is 0.440 e. The van der Waals surface area contributed by atoms with Crippen molar-refractivity contribution < 1.29 is 14.0 Å². The summed E-state index contributed by atoms with van der Waals surface area (Å²) in [5.41, 5.74) is 1.30. The lowest BCUT2D eigenvalue weighted by atomic mass is 10.2. The van der Waals surface area contributed by atoms with Gasteiger partial charge in [0.1, 0.15) is 23.9 Å². The summed E-state index contributed by atoms with van der Waals surface area (Å²) in [7, 11) is 0. The number of H-pyrrole nitrogens is 1. The fourth-order valence-electron chi connectivity index (χ4n) is 2.75. The monoisotopic (exact) mass is 390 g/mol. The first kappa shape index (κ1) is 18.4. The molecule has 4 aromatic rings. The normalized spacial score (nSPS) is 10.6. The van der Waals surface area contributed by atoms with E-state index < -0.39 is 11.4 Å². The molecule has 4 rings (SSSR count). The average molecular weight is 390 g/mol. The lowest BCUT2D eigenvalue weighted by Crippen LogP contribution is -2.17. The van der Waals surface area contributed by atoms with Gasteiger partial charge in [-0.2, -0.15) is 0 Å². The summed E-state index contributed by atoms with van der Waals surface area (Å²) in [6, 6.07) is 24.5. The van der Waals surface area contributed by atoms with Crippen molar-refractivity contribution in [2.75, 3.05) is 0 Å². The van der Waals surface area contributed by atoms with Crippen LogP contribution in [0.4, 0.5) is 0 Å². The second kappa shape index (κ2) is 8.35. The van der Waals surface area contributed by atoms with Crippen LogP contribution in [0.1, 0.15) is 11.1 Å². The Kier molecular flexibility index (Phi) is 5.29. The molecule has 0 unspecified atom stereocenters. The van der Waals surface area contributed by atoms with Gasteiger partial charge in [0.05, 0.1) is 6.54 Å². The minimum Gasteiger partial charge on any atom is -0.489 e. The number of aromatic nitrogens is 2. The topological polar surface area (TPSA) is 86.5 Å². The number of nitrogens with one attached hydrogen (secondary N) is 1. The maximum atomic E-state index is 11.5. The highest BCUT2D eigenvalue weighted by molar-refractivity contribution is 5.37. The fourth-order valence-corrected chi connectivity index (χ4v) is 2.75. The van der Waals surface area contributed by atoms with E-state index in [-0.39, 0.29) is 6.54 Å². The zero-order valence-electron chi connectivity index (χ0n) is 15.4. The molecule has 29 heavy (non-hydrogen) atoms. The van der Waals surface area contributed by atoms with Gasteiger partial charge in [-0.1, -0.05) is 48.5 Å². The average Bonchev–Trinajstić information content (AvgIpc) is 3.06. The Morgan fingerprint density at radius 1 is 0.793 bits per heavy atom. The quantitative estimate of drug-likeness (QED) is 0.522. The highest BCUT2D eigenvalue weighted by Gasteiger charge is 2.05. The van der Waals surface area contributed by atoms with Crippen LogP contribution in [0.15, 0.2) is 93.0 Å². The van der Waals surface area contributed by atoms with Crippen molar-refractivity contribution in [3.8, 4) is 17.2 Å². The summed E-state index contributed by atoms with van der Waals surface area (Å²) in [5, 5.41) is 0. The molecule has 0 atom stereocenters. The van der Waals surface area contributed by atoms with E-state index >= 15 is 0 Å². The first-order valence-electron chi connectivity index (χ1n) is 9.00. The molecular formula is C22H18N2O5. The minimum absolute atomic E-state index is 0.153. The minimum atomic E-state index is -0.774. The van der Waals surface area contributed by atoms with Crippen LogP contribution < -0.4 is 20.9 Å². The lowest BCUT2D eigenvalue weighted by Gasteiger charge is -2.10. The molecule has 1 heterocycles. The Balaban J connectivity index is 1.39. The van der Waals surface area contributed by atoms with E-state index in [4.69, 9.17) is 14.0 Å². The molecule has 0 aliphatic carbocycles. The number of hydrogen-bond donors (Lipinski definition) is 1. The second-order valence-electron chi connectivity index (χ2n) is 6.34.